The molecule has 0 spiro atoms. The average molecular weight is 448 g/mol. The molecule has 1 aromatic carbocycles. The standard InChI is InChI=1S/C9H6S.C6H6O.Bi/c1-2-4-8(3-1)9-5-6-10-7-9;7-6-4-2-1-3-5-6;/h1,3,5-6H,2H2;1-5,7H;/q;;+1/p-1. The molecule has 1 aliphatic heterocycles. The van der Waals surface area contributed by atoms with Crippen LogP contribution in [0.3, 0.4) is 0 Å². The van der Waals surface area contributed by atoms with Crippen LogP contribution in [0.1, 0.15) is 12.0 Å². The second-order valence-electron chi connectivity index (χ2n) is 4.31. The Bertz CT molecular complexity index is 654. The molecule has 88 valence electrons. The molecule has 2 heterocycles. The Morgan fingerprint density at radius 3 is 2.89 bits per heavy atom. The maximum atomic E-state index is 6.39. The van der Waals surface area contributed by atoms with E-state index in [1.807, 2.05) is 29.5 Å². The normalized spacial score (nSPS) is 17.1. The molecule has 0 N–H and O–H groups in total. The molecule has 1 nitrogen and oxygen atoms in total. The summed E-state index contributed by atoms with van der Waals surface area (Å²) in [7, 11) is 0. The quantitative estimate of drug-likeness (QED) is 0.641. The average Bonchev–Trinajstić information content (AvgIpc) is 3.08. The van der Waals surface area contributed by atoms with Gasteiger partial charge in [-0.15, -0.1) is 0 Å². The number of hydrogen-bond donors (Lipinski definition) is 0. The van der Waals surface area contributed by atoms with Gasteiger partial charge in [0.05, 0.1) is 0 Å². The number of hydrogen-bond acceptors (Lipinski definition) is 2. The molecular formula is C15H11BiOS. The van der Waals surface area contributed by atoms with E-state index in [4.69, 9.17) is 2.81 Å². The number of thiophene rings is 1. The Labute approximate surface area is 119 Å². The first-order valence-electron chi connectivity index (χ1n) is 5.94. The zero-order valence-corrected chi connectivity index (χ0v) is 14.0. The molecule has 1 aromatic heterocycles. The van der Waals surface area contributed by atoms with E-state index in [1.54, 1.807) is 5.87 Å². The summed E-state index contributed by atoms with van der Waals surface area (Å²) in [4.78, 5) is 0. The van der Waals surface area contributed by atoms with Crippen LogP contribution in [0, 0.1) is 0 Å². The van der Waals surface area contributed by atoms with Gasteiger partial charge in [-0.3, -0.25) is 0 Å². The first kappa shape index (κ1) is 11.0. The summed E-state index contributed by atoms with van der Waals surface area (Å²) in [6.07, 6.45) is 5.67. The molecule has 0 unspecified atom stereocenters. The van der Waals surface area contributed by atoms with Crippen LogP contribution in [0.2, 0.25) is 0 Å². The third kappa shape index (κ3) is 1.61. The molecule has 0 saturated carbocycles. The summed E-state index contributed by atoms with van der Waals surface area (Å²) in [6, 6.07) is 12.5. The van der Waals surface area contributed by atoms with Crippen molar-refractivity contribution >= 4 is 41.7 Å². The fraction of sp³-hybridized carbons (Fsp3) is 0.0667. The molecule has 0 atom stereocenters. The van der Waals surface area contributed by atoms with Gasteiger partial charge >= 0.3 is 119 Å². The maximum absolute atomic E-state index is 6.39. The summed E-state index contributed by atoms with van der Waals surface area (Å²) in [6.45, 7) is 0. The topological polar surface area (TPSA) is 9.23 Å². The van der Waals surface area contributed by atoms with Gasteiger partial charge in [-0.2, -0.15) is 0 Å². The van der Waals surface area contributed by atoms with Gasteiger partial charge in [0.15, 0.2) is 0 Å². The van der Waals surface area contributed by atoms with Crippen LogP contribution in [-0.4, -0.2) is 22.2 Å². The first-order chi connectivity index (χ1) is 8.93. The first-order valence-corrected chi connectivity index (χ1v) is 11.7. The fourth-order valence-corrected chi connectivity index (χ4v) is 13.5. The monoisotopic (exact) mass is 448 g/mol. The molecule has 4 rings (SSSR count). The Morgan fingerprint density at radius 2 is 2.00 bits per heavy atom. The molecule has 0 fully saturated rings. The predicted molar refractivity (Wildman–Crippen MR) is 77.5 cm³/mol. The van der Waals surface area contributed by atoms with Crippen molar-refractivity contribution in [2.75, 3.05) is 0 Å². The number of allylic oxidation sites excluding steroid dienone is 4. The van der Waals surface area contributed by atoms with E-state index >= 15 is 0 Å². The van der Waals surface area contributed by atoms with E-state index in [1.165, 1.54) is 11.1 Å². The van der Waals surface area contributed by atoms with Crippen molar-refractivity contribution in [2.24, 2.45) is 0 Å². The van der Waals surface area contributed by atoms with Crippen molar-refractivity contribution in [2.45, 2.75) is 6.42 Å². The van der Waals surface area contributed by atoms with Crippen molar-refractivity contribution in [1.82, 2.24) is 0 Å². The molecule has 0 bridgehead atoms. The number of para-hydroxylation sites is 1. The van der Waals surface area contributed by atoms with Crippen LogP contribution in [0.4, 0.5) is 0 Å². The van der Waals surface area contributed by atoms with Crippen LogP contribution >= 0.6 is 11.3 Å². The number of rotatable bonds is 2. The molecule has 18 heavy (non-hydrogen) atoms. The van der Waals surface area contributed by atoms with Gasteiger partial charge in [0.25, 0.3) is 0 Å². The molecule has 0 saturated heterocycles. The Balaban J connectivity index is 1.75. The zero-order chi connectivity index (χ0) is 11.9. The summed E-state index contributed by atoms with van der Waals surface area (Å²) in [5, 5.41) is 2.21. The van der Waals surface area contributed by atoms with Gasteiger partial charge < -0.3 is 0 Å². The van der Waals surface area contributed by atoms with Crippen molar-refractivity contribution in [3.8, 4) is 5.75 Å². The minimum absolute atomic E-state index is 1.04. The fourth-order valence-electron chi connectivity index (χ4n) is 2.40. The van der Waals surface area contributed by atoms with Gasteiger partial charge in [-0.25, -0.2) is 0 Å². The van der Waals surface area contributed by atoms with E-state index in [0.29, 0.717) is 0 Å². The Hall–Kier alpha value is -0.917. The van der Waals surface area contributed by atoms with E-state index in [9.17, 15) is 0 Å². The summed E-state index contributed by atoms with van der Waals surface area (Å²) < 4.78 is 9.57. The predicted octanol–water partition coefficient (Wildman–Crippen LogP) is 3.29. The molecular weight excluding hydrogens is 437 g/mol. The molecule has 3 heteroatoms. The molecule has 0 radical (unpaired) electrons. The van der Waals surface area contributed by atoms with Crippen molar-refractivity contribution in [3.05, 3.63) is 62.8 Å². The molecule has 0 amide bonds. The number of fused-ring (bicyclic) bond motifs is 2. The van der Waals surface area contributed by atoms with Crippen molar-refractivity contribution in [3.63, 3.8) is 0 Å². The van der Waals surface area contributed by atoms with Gasteiger partial charge in [-0.1, -0.05) is 0 Å². The van der Waals surface area contributed by atoms with Gasteiger partial charge in [0, 0.05) is 0 Å². The van der Waals surface area contributed by atoms with E-state index in [-0.39, 0.29) is 0 Å². The second kappa shape index (κ2) is 4.33. The molecule has 2 aliphatic rings. The van der Waals surface area contributed by atoms with Crippen molar-refractivity contribution in [1.29, 1.82) is 0 Å². The van der Waals surface area contributed by atoms with Gasteiger partial charge in [-0.05, 0) is 0 Å². The van der Waals surface area contributed by atoms with Gasteiger partial charge in [0.1, 0.15) is 0 Å². The zero-order valence-electron chi connectivity index (χ0n) is 9.67. The van der Waals surface area contributed by atoms with Gasteiger partial charge in [0.2, 0.25) is 0 Å². The third-order valence-electron chi connectivity index (χ3n) is 3.21. The van der Waals surface area contributed by atoms with Crippen LogP contribution in [0.25, 0.3) is 5.57 Å². The van der Waals surface area contributed by atoms with Crippen LogP contribution in [0.15, 0.2) is 57.2 Å². The van der Waals surface area contributed by atoms with Crippen LogP contribution in [-0.2, 0) is 0 Å². The van der Waals surface area contributed by atoms with E-state index in [0.717, 1.165) is 12.2 Å². The number of benzene rings is 1. The molecule has 1 aliphatic carbocycles. The second-order valence-corrected chi connectivity index (χ2v) is 13.3. The van der Waals surface area contributed by atoms with Crippen molar-refractivity contribution < 1.29 is 2.81 Å². The van der Waals surface area contributed by atoms with E-state index in [2.05, 4.69) is 35.7 Å². The van der Waals surface area contributed by atoms with Crippen LogP contribution in [0.5, 0.6) is 5.75 Å². The Morgan fingerprint density at radius 1 is 1.11 bits per heavy atom. The third-order valence-corrected chi connectivity index (χ3v) is 14.1. The summed E-state index contributed by atoms with van der Waals surface area (Å²) >= 11 is -0.268. The van der Waals surface area contributed by atoms with Crippen LogP contribution < -0.4 is 5.40 Å². The summed E-state index contributed by atoms with van der Waals surface area (Å²) in [5.74, 6) is 1.04. The van der Waals surface area contributed by atoms with E-state index < -0.39 is 22.2 Å². The molecule has 2 aromatic rings. The minimum atomic E-state index is -2.15. The Kier molecular flexibility index (Phi) is 2.63. The summed E-state index contributed by atoms with van der Waals surface area (Å²) in [5.41, 5.74) is 2.93. The SMILES string of the molecule is C1=CC2=[C](C1)[Bi]([O]c1ccccc1)[c]1sccc12.